The van der Waals surface area contributed by atoms with Gasteiger partial charge < -0.3 is 15.0 Å². The first-order chi connectivity index (χ1) is 13.5. The van der Waals surface area contributed by atoms with Crippen molar-refractivity contribution >= 4 is 23.4 Å². The second-order valence-corrected chi connectivity index (χ2v) is 6.84. The normalized spacial score (nSPS) is 16.8. The number of benzene rings is 1. The molecule has 1 aromatic carbocycles. The van der Waals surface area contributed by atoms with E-state index in [9.17, 15) is 27.2 Å². The molecule has 1 heterocycles. The molecule has 160 valence electrons. The lowest BCUT2D eigenvalue weighted by atomic mass is 10.1. The number of carbonyl (C=O) groups is 2. The molecule has 1 unspecified atom stereocenters. The number of hydrogen-bond donors (Lipinski definition) is 1. The van der Waals surface area contributed by atoms with Crippen molar-refractivity contribution in [3.8, 4) is 5.75 Å². The Kier molecular flexibility index (Phi) is 7.86. The second kappa shape index (κ2) is 9.93. The molecular formula is C18H19ClF4N2O4. The molecular weight excluding hydrogens is 420 g/mol. The van der Waals surface area contributed by atoms with E-state index >= 15 is 0 Å². The van der Waals surface area contributed by atoms with Crippen molar-refractivity contribution in [2.24, 2.45) is 5.92 Å². The van der Waals surface area contributed by atoms with Crippen LogP contribution in [0, 0.1) is 11.7 Å². The van der Waals surface area contributed by atoms with Crippen molar-refractivity contribution in [2.75, 3.05) is 26.3 Å². The lowest BCUT2D eigenvalue weighted by Gasteiger charge is -2.18. The maximum atomic E-state index is 13.3. The Morgan fingerprint density at radius 1 is 1.38 bits per heavy atom. The predicted octanol–water partition coefficient (Wildman–Crippen LogP) is 3.26. The van der Waals surface area contributed by atoms with Gasteiger partial charge in [0.1, 0.15) is 11.6 Å². The van der Waals surface area contributed by atoms with Crippen molar-refractivity contribution in [2.45, 2.75) is 19.2 Å². The van der Waals surface area contributed by atoms with Crippen LogP contribution >= 0.6 is 11.6 Å². The molecule has 0 aromatic heterocycles. The van der Waals surface area contributed by atoms with Gasteiger partial charge in [-0.25, -0.2) is 4.39 Å². The van der Waals surface area contributed by atoms with Gasteiger partial charge in [-0.2, -0.15) is 0 Å². The first-order valence-electron chi connectivity index (χ1n) is 8.57. The summed E-state index contributed by atoms with van der Waals surface area (Å²) in [5.74, 6) is -1.91. The van der Waals surface area contributed by atoms with E-state index in [1.807, 2.05) is 0 Å². The summed E-state index contributed by atoms with van der Waals surface area (Å²) in [7, 11) is 0. The van der Waals surface area contributed by atoms with Crippen molar-refractivity contribution in [3.05, 3.63) is 41.3 Å². The fraction of sp³-hybridized carbons (Fsp3) is 0.444. The fourth-order valence-corrected chi connectivity index (χ4v) is 2.79. The number of carbonyl (C=O) groups excluding carboxylic acids is 2. The molecule has 29 heavy (non-hydrogen) atoms. The molecule has 1 N–H and O–H groups in total. The quantitative estimate of drug-likeness (QED) is 0.601. The molecule has 0 saturated carbocycles. The van der Waals surface area contributed by atoms with Gasteiger partial charge >= 0.3 is 6.36 Å². The summed E-state index contributed by atoms with van der Waals surface area (Å²) in [6, 6.07) is 3.75. The number of halogens is 5. The molecule has 0 radical (unpaired) electrons. The molecule has 1 aliphatic rings. The Labute approximate surface area is 169 Å². The van der Waals surface area contributed by atoms with Gasteiger partial charge in [-0.1, -0.05) is 18.2 Å². The van der Waals surface area contributed by atoms with Crippen LogP contribution in [-0.2, 0) is 14.3 Å². The third-order valence-electron chi connectivity index (χ3n) is 4.04. The predicted molar refractivity (Wildman–Crippen MR) is 95.5 cm³/mol. The zero-order valence-electron chi connectivity index (χ0n) is 15.2. The van der Waals surface area contributed by atoms with E-state index in [2.05, 4.69) is 16.6 Å². The van der Waals surface area contributed by atoms with Gasteiger partial charge in [0.2, 0.25) is 5.91 Å². The molecule has 2 amide bonds. The standard InChI is InChI=1S/C18H19ClF4N2O4/c1-11(24-16(26)10-28-13-2-3-14(19)15(20)7-13)4-5-25-8-12(6-17(25)27)9-29-18(21,22)23/h2-3,7,12H,1,4-6,8-10H2,(H,24,26). The Bertz CT molecular complexity index is 773. The SMILES string of the molecule is C=C(CCN1CC(COC(F)(F)F)CC1=O)NC(=O)COc1ccc(Cl)c(F)c1. The van der Waals surface area contributed by atoms with Crippen LogP contribution in [0.3, 0.4) is 0 Å². The number of ether oxygens (including phenoxy) is 2. The van der Waals surface area contributed by atoms with E-state index in [1.54, 1.807) is 0 Å². The van der Waals surface area contributed by atoms with E-state index in [-0.39, 0.29) is 49.2 Å². The monoisotopic (exact) mass is 438 g/mol. The Balaban J connectivity index is 1.68. The van der Waals surface area contributed by atoms with E-state index < -0.39 is 30.6 Å². The highest BCUT2D eigenvalue weighted by Gasteiger charge is 2.35. The van der Waals surface area contributed by atoms with E-state index in [4.69, 9.17) is 16.3 Å². The minimum atomic E-state index is -4.73. The molecule has 2 rings (SSSR count). The molecule has 6 nitrogen and oxygen atoms in total. The summed E-state index contributed by atoms with van der Waals surface area (Å²) >= 11 is 5.55. The minimum absolute atomic E-state index is 0.0274. The summed E-state index contributed by atoms with van der Waals surface area (Å²) in [5.41, 5.74) is 0.309. The second-order valence-electron chi connectivity index (χ2n) is 6.43. The van der Waals surface area contributed by atoms with E-state index in [0.29, 0.717) is 5.70 Å². The average molecular weight is 439 g/mol. The van der Waals surface area contributed by atoms with E-state index in [1.165, 1.54) is 17.0 Å². The number of alkyl halides is 3. The maximum Gasteiger partial charge on any atom is 0.522 e. The zero-order valence-corrected chi connectivity index (χ0v) is 16.0. The lowest BCUT2D eigenvalue weighted by Crippen LogP contribution is -2.32. The largest absolute Gasteiger partial charge is 0.522 e. The summed E-state index contributed by atoms with van der Waals surface area (Å²) in [4.78, 5) is 25.1. The average Bonchev–Trinajstić information content (AvgIpc) is 2.98. The summed E-state index contributed by atoms with van der Waals surface area (Å²) < 4.78 is 58.5. The molecule has 1 fully saturated rings. The van der Waals surface area contributed by atoms with Crippen LogP contribution in [0.2, 0.25) is 5.02 Å². The zero-order chi connectivity index (χ0) is 21.6. The topological polar surface area (TPSA) is 67.9 Å². The van der Waals surface area contributed by atoms with Crippen LogP contribution in [0.4, 0.5) is 17.6 Å². The van der Waals surface area contributed by atoms with Crippen LogP contribution in [0.15, 0.2) is 30.5 Å². The fourth-order valence-electron chi connectivity index (χ4n) is 2.68. The molecule has 0 spiro atoms. The number of amides is 2. The lowest BCUT2D eigenvalue weighted by molar-refractivity contribution is -0.328. The van der Waals surface area contributed by atoms with Crippen molar-refractivity contribution in [1.29, 1.82) is 0 Å². The Morgan fingerprint density at radius 2 is 2.10 bits per heavy atom. The highest BCUT2D eigenvalue weighted by atomic mass is 35.5. The van der Waals surface area contributed by atoms with Crippen LogP contribution in [0.25, 0.3) is 0 Å². The van der Waals surface area contributed by atoms with Crippen LogP contribution in [0.1, 0.15) is 12.8 Å². The highest BCUT2D eigenvalue weighted by Crippen LogP contribution is 2.23. The number of nitrogens with zero attached hydrogens (tertiary/aromatic N) is 1. The van der Waals surface area contributed by atoms with Gasteiger partial charge in [0.25, 0.3) is 5.91 Å². The minimum Gasteiger partial charge on any atom is -0.484 e. The van der Waals surface area contributed by atoms with Crippen LogP contribution in [0.5, 0.6) is 5.75 Å². The van der Waals surface area contributed by atoms with Gasteiger partial charge in [0, 0.05) is 43.6 Å². The van der Waals surface area contributed by atoms with Gasteiger partial charge in [0.05, 0.1) is 11.6 Å². The van der Waals surface area contributed by atoms with Crippen molar-refractivity contribution in [1.82, 2.24) is 10.2 Å². The van der Waals surface area contributed by atoms with Crippen molar-refractivity contribution < 1.29 is 36.6 Å². The third-order valence-corrected chi connectivity index (χ3v) is 4.34. The highest BCUT2D eigenvalue weighted by molar-refractivity contribution is 6.30. The molecule has 1 atom stereocenters. The van der Waals surface area contributed by atoms with Crippen molar-refractivity contribution in [3.63, 3.8) is 0 Å². The molecule has 1 aliphatic heterocycles. The molecule has 0 aliphatic carbocycles. The first-order valence-corrected chi connectivity index (χ1v) is 8.95. The Morgan fingerprint density at radius 3 is 2.76 bits per heavy atom. The summed E-state index contributed by atoms with van der Waals surface area (Å²) in [6.07, 6.45) is -4.53. The third kappa shape index (κ3) is 7.90. The van der Waals surface area contributed by atoms with Crippen LogP contribution in [-0.4, -0.2) is 49.4 Å². The van der Waals surface area contributed by atoms with Gasteiger partial charge in [-0.3, -0.25) is 14.3 Å². The number of nitrogens with one attached hydrogen (secondary N) is 1. The molecule has 11 heteroatoms. The number of likely N-dealkylation sites (tertiary alicyclic amines) is 1. The van der Waals surface area contributed by atoms with Gasteiger partial charge in [0.15, 0.2) is 6.61 Å². The Hall–Kier alpha value is -2.33. The summed E-state index contributed by atoms with van der Waals surface area (Å²) in [5, 5.41) is 2.41. The summed E-state index contributed by atoms with van der Waals surface area (Å²) in [6.45, 7) is 3.04. The molecule has 1 saturated heterocycles. The van der Waals surface area contributed by atoms with Gasteiger partial charge in [-0.05, 0) is 12.1 Å². The molecule has 0 bridgehead atoms. The van der Waals surface area contributed by atoms with E-state index in [0.717, 1.165) is 6.07 Å². The van der Waals surface area contributed by atoms with Crippen LogP contribution < -0.4 is 10.1 Å². The number of hydrogen-bond acceptors (Lipinski definition) is 4. The smallest absolute Gasteiger partial charge is 0.484 e. The first kappa shape index (κ1) is 23.0. The molecule has 1 aromatic rings. The van der Waals surface area contributed by atoms with Gasteiger partial charge in [-0.15, -0.1) is 13.2 Å². The number of rotatable bonds is 9. The maximum absolute atomic E-state index is 13.3.